The number of esters is 1. The third kappa shape index (κ3) is 6.43. The Morgan fingerprint density at radius 2 is 1.75 bits per heavy atom. The average molecular weight is 641 g/mol. The first kappa shape index (κ1) is 29.8. The van der Waals surface area contributed by atoms with E-state index in [1.807, 2.05) is 25.1 Å². The summed E-state index contributed by atoms with van der Waals surface area (Å²) < 4.78 is 18.2. The minimum atomic E-state index is -0.972. The van der Waals surface area contributed by atoms with E-state index in [9.17, 15) is 9.59 Å². The number of halogens is 1. The van der Waals surface area contributed by atoms with Crippen molar-refractivity contribution in [1.82, 2.24) is 4.90 Å². The van der Waals surface area contributed by atoms with Crippen molar-refractivity contribution in [2.45, 2.75) is 40.3 Å². The zero-order valence-electron chi connectivity index (χ0n) is 22.9. The van der Waals surface area contributed by atoms with Crippen LogP contribution >= 0.6 is 39.9 Å². The number of ether oxygens (including phenoxy) is 3. The van der Waals surface area contributed by atoms with Crippen LogP contribution in [-0.2, 0) is 20.9 Å². The maximum atomic E-state index is 13.5. The van der Waals surface area contributed by atoms with Gasteiger partial charge in [-0.15, -0.1) is 0 Å². The molecule has 1 amide bonds. The number of amides is 1. The lowest BCUT2D eigenvalue weighted by molar-refractivity contribution is -0.148. The maximum Gasteiger partial charge on any atom is 0.333 e. The van der Waals surface area contributed by atoms with E-state index in [-0.39, 0.29) is 10.2 Å². The standard InChI is InChI=1S/C31H30BrNO5S2/c1-6-37-25-15-21(14-24(32)28(25)38-17-23-13-19(3)18(2)12-20(23)4)16-26-29(34)33(31(39)40-26)27(30(35)36-5)22-10-8-7-9-11-22/h7-16,27H,6,17H2,1-5H3/b26-16+. The number of nitrogens with zero attached hydrogens (tertiary/aromatic N) is 1. The van der Waals surface area contributed by atoms with Gasteiger partial charge < -0.3 is 14.2 Å². The van der Waals surface area contributed by atoms with Crippen molar-refractivity contribution in [2.24, 2.45) is 0 Å². The molecule has 208 valence electrons. The maximum absolute atomic E-state index is 13.5. The molecule has 1 aliphatic rings. The summed E-state index contributed by atoms with van der Waals surface area (Å²) in [7, 11) is 1.30. The van der Waals surface area contributed by atoms with E-state index in [0.29, 0.717) is 39.7 Å². The molecule has 0 saturated carbocycles. The second-order valence-electron chi connectivity index (χ2n) is 9.30. The van der Waals surface area contributed by atoms with Gasteiger partial charge in [0.25, 0.3) is 5.91 Å². The predicted molar refractivity (Wildman–Crippen MR) is 167 cm³/mol. The first-order valence-electron chi connectivity index (χ1n) is 12.7. The van der Waals surface area contributed by atoms with Crippen LogP contribution in [0.5, 0.6) is 11.5 Å². The summed E-state index contributed by atoms with van der Waals surface area (Å²) in [6.07, 6.45) is 1.74. The third-order valence-corrected chi connectivity index (χ3v) is 8.49. The van der Waals surface area contributed by atoms with Crippen LogP contribution in [0.15, 0.2) is 64.0 Å². The van der Waals surface area contributed by atoms with Crippen molar-refractivity contribution in [1.29, 1.82) is 0 Å². The molecule has 0 spiro atoms. The Morgan fingerprint density at radius 1 is 1.05 bits per heavy atom. The first-order valence-corrected chi connectivity index (χ1v) is 14.7. The number of hydrogen-bond acceptors (Lipinski definition) is 7. The minimum Gasteiger partial charge on any atom is -0.490 e. The van der Waals surface area contributed by atoms with Gasteiger partial charge in [0.05, 0.1) is 23.1 Å². The van der Waals surface area contributed by atoms with E-state index < -0.39 is 12.0 Å². The van der Waals surface area contributed by atoms with Crippen LogP contribution in [0, 0.1) is 20.8 Å². The van der Waals surface area contributed by atoms with Gasteiger partial charge in [-0.2, -0.15) is 0 Å². The number of thioether (sulfide) groups is 1. The molecular weight excluding hydrogens is 610 g/mol. The Bertz CT molecular complexity index is 1490. The summed E-state index contributed by atoms with van der Waals surface area (Å²) >= 11 is 10.3. The summed E-state index contributed by atoms with van der Waals surface area (Å²) in [6, 6.07) is 16.0. The molecule has 3 aromatic carbocycles. The van der Waals surface area contributed by atoms with Gasteiger partial charge in [-0.05, 0) is 95.2 Å². The van der Waals surface area contributed by atoms with Crippen LogP contribution in [0.3, 0.4) is 0 Å². The van der Waals surface area contributed by atoms with Gasteiger partial charge in [-0.3, -0.25) is 9.69 Å². The molecule has 40 heavy (non-hydrogen) atoms. The lowest BCUT2D eigenvalue weighted by Gasteiger charge is -2.24. The Morgan fingerprint density at radius 3 is 2.42 bits per heavy atom. The van der Waals surface area contributed by atoms with Gasteiger partial charge in [0, 0.05) is 0 Å². The van der Waals surface area contributed by atoms with Crippen LogP contribution in [-0.4, -0.2) is 34.8 Å². The Kier molecular flexibility index (Phi) is 9.71. The van der Waals surface area contributed by atoms with Crippen LogP contribution in [0.4, 0.5) is 0 Å². The number of methoxy groups -OCH3 is 1. The fourth-order valence-corrected chi connectivity index (χ4v) is 6.28. The fourth-order valence-electron chi connectivity index (χ4n) is 4.39. The van der Waals surface area contributed by atoms with Crippen LogP contribution < -0.4 is 9.47 Å². The molecule has 4 rings (SSSR count). The fraction of sp³-hybridized carbons (Fsp3) is 0.258. The third-order valence-electron chi connectivity index (χ3n) is 6.58. The number of thiocarbonyl (C=S) groups is 1. The molecular formula is C31H30BrNO5S2. The van der Waals surface area contributed by atoms with Gasteiger partial charge >= 0.3 is 5.97 Å². The highest BCUT2D eigenvalue weighted by Gasteiger charge is 2.42. The van der Waals surface area contributed by atoms with Gasteiger partial charge in [-0.1, -0.05) is 66.4 Å². The van der Waals surface area contributed by atoms with E-state index in [1.54, 1.807) is 30.3 Å². The highest BCUT2D eigenvalue weighted by Crippen LogP contribution is 2.42. The first-order chi connectivity index (χ1) is 19.1. The van der Waals surface area contributed by atoms with Crippen molar-refractivity contribution in [3.8, 4) is 11.5 Å². The molecule has 0 aromatic heterocycles. The molecule has 1 saturated heterocycles. The number of hydrogen-bond donors (Lipinski definition) is 0. The second kappa shape index (κ2) is 13.0. The van der Waals surface area contributed by atoms with E-state index >= 15 is 0 Å². The van der Waals surface area contributed by atoms with E-state index in [0.717, 1.165) is 28.5 Å². The van der Waals surface area contributed by atoms with Gasteiger partial charge in [-0.25, -0.2) is 4.79 Å². The minimum absolute atomic E-state index is 0.281. The Balaban J connectivity index is 1.63. The zero-order chi connectivity index (χ0) is 29.0. The average Bonchev–Trinajstić information content (AvgIpc) is 3.19. The molecule has 0 bridgehead atoms. The lowest BCUT2D eigenvalue weighted by atomic mass is 10.0. The molecule has 0 aliphatic carbocycles. The molecule has 1 heterocycles. The van der Waals surface area contributed by atoms with Crippen molar-refractivity contribution < 1.29 is 23.8 Å². The zero-order valence-corrected chi connectivity index (χ0v) is 26.2. The molecule has 9 heteroatoms. The van der Waals surface area contributed by atoms with Crippen LogP contribution in [0.25, 0.3) is 6.08 Å². The summed E-state index contributed by atoms with van der Waals surface area (Å²) in [5.41, 5.74) is 6.06. The molecule has 1 unspecified atom stereocenters. The Hall–Kier alpha value is -3.14. The Labute approximate surface area is 252 Å². The number of carbonyl (C=O) groups is 2. The van der Waals surface area contributed by atoms with Gasteiger partial charge in [0.2, 0.25) is 0 Å². The van der Waals surface area contributed by atoms with E-state index in [4.69, 9.17) is 26.4 Å². The highest BCUT2D eigenvalue weighted by atomic mass is 79.9. The summed E-state index contributed by atoms with van der Waals surface area (Å²) in [4.78, 5) is 28.0. The monoisotopic (exact) mass is 639 g/mol. The van der Waals surface area contributed by atoms with Crippen molar-refractivity contribution in [2.75, 3.05) is 13.7 Å². The van der Waals surface area contributed by atoms with Crippen molar-refractivity contribution >= 4 is 62.2 Å². The summed E-state index contributed by atoms with van der Waals surface area (Å²) in [5.74, 6) is 0.204. The highest BCUT2D eigenvalue weighted by molar-refractivity contribution is 9.10. The summed E-state index contributed by atoms with van der Waals surface area (Å²) in [6.45, 7) is 8.99. The molecule has 1 fully saturated rings. The molecule has 3 aromatic rings. The number of aryl methyl sites for hydroxylation is 3. The normalized spacial score (nSPS) is 14.9. The SMILES string of the molecule is CCOc1cc(/C=C2/SC(=S)N(C(C(=O)OC)c3ccccc3)C2=O)cc(Br)c1OCc1cc(C)c(C)cc1C. The molecule has 1 aliphatic heterocycles. The van der Waals surface area contributed by atoms with Gasteiger partial charge in [0.1, 0.15) is 10.9 Å². The topological polar surface area (TPSA) is 65.1 Å². The van der Waals surface area contributed by atoms with Gasteiger partial charge in [0.15, 0.2) is 17.5 Å². The van der Waals surface area contributed by atoms with Crippen molar-refractivity contribution in [3.05, 3.63) is 97.4 Å². The number of rotatable bonds is 9. The largest absolute Gasteiger partial charge is 0.490 e. The molecule has 0 N–H and O–H groups in total. The number of benzene rings is 3. The molecule has 6 nitrogen and oxygen atoms in total. The smallest absolute Gasteiger partial charge is 0.333 e. The van der Waals surface area contributed by atoms with E-state index in [1.165, 1.54) is 23.1 Å². The van der Waals surface area contributed by atoms with Crippen LogP contribution in [0.2, 0.25) is 0 Å². The predicted octanol–water partition coefficient (Wildman–Crippen LogP) is 7.47. The molecule has 0 radical (unpaired) electrons. The van der Waals surface area contributed by atoms with E-state index in [2.05, 4.69) is 48.8 Å². The van der Waals surface area contributed by atoms with Crippen LogP contribution in [0.1, 0.15) is 46.3 Å². The number of carbonyl (C=O) groups excluding carboxylic acids is 2. The van der Waals surface area contributed by atoms with Crippen molar-refractivity contribution in [3.63, 3.8) is 0 Å². The second-order valence-corrected chi connectivity index (χ2v) is 11.8. The molecule has 1 atom stereocenters. The summed E-state index contributed by atoms with van der Waals surface area (Å²) in [5, 5.41) is 0. The lowest BCUT2D eigenvalue weighted by Crippen LogP contribution is -2.37. The quantitative estimate of drug-likeness (QED) is 0.137.